The Kier molecular flexibility index (Phi) is 5.36. The van der Waals surface area contributed by atoms with Crippen LogP contribution in [0.25, 0.3) is 0 Å². The molecule has 0 bridgehead atoms. The maximum absolute atomic E-state index is 10.5. The van der Waals surface area contributed by atoms with E-state index in [1.807, 2.05) is 13.0 Å². The second-order valence-electron chi connectivity index (χ2n) is 3.79. The van der Waals surface area contributed by atoms with E-state index in [0.29, 0.717) is 6.61 Å². The van der Waals surface area contributed by atoms with Gasteiger partial charge in [0.25, 0.3) is 5.69 Å². The van der Waals surface area contributed by atoms with E-state index in [-0.39, 0.29) is 11.8 Å². The number of unbranched alkanes of at least 4 members (excludes halogenated alkanes) is 1. The van der Waals surface area contributed by atoms with Crippen LogP contribution in [0.15, 0.2) is 36.9 Å². The van der Waals surface area contributed by atoms with E-state index >= 15 is 0 Å². The minimum absolute atomic E-state index is 0.0411. The van der Waals surface area contributed by atoms with E-state index in [1.165, 1.54) is 12.1 Å². The fourth-order valence-corrected chi connectivity index (χ4v) is 1.45. The second-order valence-corrected chi connectivity index (χ2v) is 3.79. The lowest BCUT2D eigenvalue weighted by atomic mass is 10.1. The summed E-state index contributed by atoms with van der Waals surface area (Å²) in [5.41, 5.74) is 1.06. The molecule has 0 saturated heterocycles. The Bertz CT molecular complexity index is 373. The molecular weight excluding hydrogens is 218 g/mol. The lowest BCUT2D eigenvalue weighted by molar-refractivity contribution is -0.384. The van der Waals surface area contributed by atoms with Crippen molar-refractivity contribution in [2.75, 3.05) is 6.61 Å². The third-order valence-corrected chi connectivity index (χ3v) is 2.49. The zero-order valence-corrected chi connectivity index (χ0v) is 9.96. The molecule has 0 amide bonds. The molecule has 17 heavy (non-hydrogen) atoms. The summed E-state index contributed by atoms with van der Waals surface area (Å²) >= 11 is 0. The molecule has 4 nitrogen and oxygen atoms in total. The smallest absolute Gasteiger partial charge is 0.269 e. The number of benzene rings is 1. The molecule has 1 aromatic carbocycles. The van der Waals surface area contributed by atoms with Gasteiger partial charge in [0.15, 0.2) is 0 Å². The summed E-state index contributed by atoms with van der Waals surface area (Å²) < 4.78 is 5.61. The molecule has 1 unspecified atom stereocenters. The number of ether oxygens (including phenoxy) is 1. The van der Waals surface area contributed by atoms with Crippen molar-refractivity contribution in [3.8, 4) is 0 Å². The average Bonchev–Trinajstić information content (AvgIpc) is 2.34. The van der Waals surface area contributed by atoms with Crippen molar-refractivity contribution < 1.29 is 9.66 Å². The fraction of sp³-hybridized carbons (Fsp3) is 0.385. The van der Waals surface area contributed by atoms with Crippen molar-refractivity contribution in [3.05, 3.63) is 52.6 Å². The average molecular weight is 235 g/mol. The highest BCUT2D eigenvalue weighted by Crippen LogP contribution is 2.20. The van der Waals surface area contributed by atoms with Crippen LogP contribution in [0.3, 0.4) is 0 Å². The van der Waals surface area contributed by atoms with Crippen LogP contribution in [0, 0.1) is 10.1 Å². The molecule has 0 fully saturated rings. The highest BCUT2D eigenvalue weighted by atomic mass is 16.6. The summed E-state index contributed by atoms with van der Waals surface area (Å²) in [6.07, 6.45) is 3.70. The molecule has 0 aromatic heterocycles. The quantitative estimate of drug-likeness (QED) is 0.314. The van der Waals surface area contributed by atoms with E-state index < -0.39 is 4.92 Å². The van der Waals surface area contributed by atoms with E-state index in [0.717, 1.165) is 18.4 Å². The number of hydrogen-bond acceptors (Lipinski definition) is 3. The van der Waals surface area contributed by atoms with Gasteiger partial charge in [0, 0.05) is 18.7 Å². The molecule has 1 rings (SSSR count). The standard InChI is InChI=1S/C13H17NO3/c1-3-4-5-10-17-11(2)12-6-8-13(9-7-12)14(15)16/h3,6-9,11H,1,4-5,10H2,2H3. The van der Waals surface area contributed by atoms with Crippen molar-refractivity contribution in [2.45, 2.75) is 25.9 Å². The van der Waals surface area contributed by atoms with Crippen molar-refractivity contribution in [1.82, 2.24) is 0 Å². The Hall–Kier alpha value is -1.68. The predicted molar refractivity (Wildman–Crippen MR) is 66.9 cm³/mol. The molecule has 0 spiro atoms. The van der Waals surface area contributed by atoms with Crippen molar-refractivity contribution in [2.24, 2.45) is 0 Å². The monoisotopic (exact) mass is 235 g/mol. The van der Waals surface area contributed by atoms with Crippen molar-refractivity contribution >= 4 is 5.69 Å². The Labute approximate surface area is 101 Å². The van der Waals surface area contributed by atoms with Crippen LogP contribution >= 0.6 is 0 Å². The number of hydrogen-bond donors (Lipinski definition) is 0. The van der Waals surface area contributed by atoms with Gasteiger partial charge in [0.05, 0.1) is 11.0 Å². The van der Waals surface area contributed by atoms with Gasteiger partial charge in [-0.3, -0.25) is 10.1 Å². The molecule has 0 N–H and O–H groups in total. The van der Waals surface area contributed by atoms with Crippen LogP contribution < -0.4 is 0 Å². The maximum Gasteiger partial charge on any atom is 0.269 e. The first kappa shape index (κ1) is 13.4. The minimum Gasteiger partial charge on any atom is -0.374 e. The summed E-state index contributed by atoms with van der Waals surface area (Å²) in [6, 6.07) is 6.46. The summed E-state index contributed by atoms with van der Waals surface area (Å²) in [5.74, 6) is 0. The zero-order valence-electron chi connectivity index (χ0n) is 9.96. The van der Waals surface area contributed by atoms with E-state index in [1.54, 1.807) is 12.1 Å². The number of nitro benzene ring substituents is 1. The Balaban J connectivity index is 2.48. The number of rotatable bonds is 7. The zero-order chi connectivity index (χ0) is 12.7. The topological polar surface area (TPSA) is 52.4 Å². The highest BCUT2D eigenvalue weighted by molar-refractivity contribution is 5.33. The molecular formula is C13H17NO3. The third kappa shape index (κ3) is 4.36. The van der Waals surface area contributed by atoms with Gasteiger partial charge in [0.1, 0.15) is 0 Å². The van der Waals surface area contributed by atoms with Gasteiger partial charge in [-0.1, -0.05) is 6.08 Å². The van der Waals surface area contributed by atoms with Gasteiger partial charge in [0.2, 0.25) is 0 Å². The first-order valence-electron chi connectivity index (χ1n) is 5.62. The second kappa shape index (κ2) is 6.81. The number of nitrogens with zero attached hydrogens (tertiary/aromatic N) is 1. The van der Waals surface area contributed by atoms with Crippen molar-refractivity contribution in [3.63, 3.8) is 0 Å². The van der Waals surface area contributed by atoms with Gasteiger partial charge in [-0.2, -0.15) is 0 Å². The Morgan fingerprint density at radius 2 is 2.12 bits per heavy atom. The van der Waals surface area contributed by atoms with Gasteiger partial charge in [-0.25, -0.2) is 0 Å². The molecule has 4 heteroatoms. The Morgan fingerprint density at radius 1 is 1.47 bits per heavy atom. The number of allylic oxidation sites excluding steroid dienone is 1. The van der Waals surface area contributed by atoms with E-state index in [4.69, 9.17) is 4.74 Å². The molecule has 0 aliphatic heterocycles. The predicted octanol–water partition coefficient (Wildman–Crippen LogP) is 3.64. The largest absolute Gasteiger partial charge is 0.374 e. The summed E-state index contributed by atoms with van der Waals surface area (Å²) in [6.45, 7) is 6.25. The lowest BCUT2D eigenvalue weighted by Gasteiger charge is -2.12. The maximum atomic E-state index is 10.5. The first-order chi connectivity index (χ1) is 8.15. The van der Waals surface area contributed by atoms with Crippen LogP contribution in [-0.2, 0) is 4.74 Å². The van der Waals surface area contributed by atoms with Crippen LogP contribution in [0.1, 0.15) is 31.4 Å². The summed E-state index contributed by atoms with van der Waals surface area (Å²) in [7, 11) is 0. The fourth-order valence-electron chi connectivity index (χ4n) is 1.45. The number of non-ortho nitro benzene ring substituents is 1. The van der Waals surface area contributed by atoms with Gasteiger partial charge >= 0.3 is 0 Å². The summed E-state index contributed by atoms with van der Waals surface area (Å²) in [5, 5.41) is 10.5. The molecule has 0 heterocycles. The molecule has 0 aliphatic rings. The third-order valence-electron chi connectivity index (χ3n) is 2.49. The molecule has 0 saturated carbocycles. The summed E-state index contributed by atoms with van der Waals surface area (Å²) in [4.78, 5) is 10.1. The van der Waals surface area contributed by atoms with Gasteiger partial charge in [-0.05, 0) is 37.5 Å². The van der Waals surface area contributed by atoms with Crippen LogP contribution in [0.2, 0.25) is 0 Å². The molecule has 0 radical (unpaired) electrons. The van der Waals surface area contributed by atoms with Crippen molar-refractivity contribution in [1.29, 1.82) is 0 Å². The van der Waals surface area contributed by atoms with E-state index in [2.05, 4.69) is 6.58 Å². The molecule has 0 aliphatic carbocycles. The van der Waals surface area contributed by atoms with Crippen LogP contribution in [0.4, 0.5) is 5.69 Å². The van der Waals surface area contributed by atoms with Gasteiger partial charge in [-0.15, -0.1) is 6.58 Å². The highest BCUT2D eigenvalue weighted by Gasteiger charge is 2.08. The van der Waals surface area contributed by atoms with E-state index in [9.17, 15) is 10.1 Å². The van der Waals surface area contributed by atoms with Crippen LogP contribution in [-0.4, -0.2) is 11.5 Å². The lowest BCUT2D eigenvalue weighted by Crippen LogP contribution is -2.01. The first-order valence-corrected chi connectivity index (χ1v) is 5.62. The molecule has 92 valence electrons. The molecule has 1 aromatic rings. The van der Waals surface area contributed by atoms with Gasteiger partial charge < -0.3 is 4.74 Å². The Morgan fingerprint density at radius 3 is 2.65 bits per heavy atom. The van der Waals surface area contributed by atoms with Crippen LogP contribution in [0.5, 0.6) is 0 Å². The normalized spacial score (nSPS) is 12.1. The minimum atomic E-state index is -0.403. The SMILES string of the molecule is C=CCCCOC(C)c1ccc([N+](=O)[O-])cc1. The molecule has 1 atom stereocenters. The number of nitro groups is 1.